The van der Waals surface area contributed by atoms with Gasteiger partial charge < -0.3 is 15.2 Å². The molecule has 0 saturated carbocycles. The fourth-order valence-electron chi connectivity index (χ4n) is 2.24. The Morgan fingerprint density at radius 1 is 1.18 bits per heavy atom. The van der Waals surface area contributed by atoms with Crippen LogP contribution in [0.25, 0.3) is 6.08 Å². The number of hydrogen-bond donors (Lipinski definition) is 2. The van der Waals surface area contributed by atoms with E-state index in [9.17, 15) is 9.59 Å². The number of primary amides is 1. The summed E-state index contributed by atoms with van der Waals surface area (Å²) in [5.74, 6) is 0.0860. The van der Waals surface area contributed by atoms with Crippen molar-refractivity contribution >= 4 is 29.6 Å². The summed E-state index contributed by atoms with van der Waals surface area (Å²) in [7, 11) is 0. The van der Waals surface area contributed by atoms with Gasteiger partial charge in [0.1, 0.15) is 18.2 Å². The van der Waals surface area contributed by atoms with Gasteiger partial charge in [-0.2, -0.15) is 5.26 Å². The molecule has 0 saturated heterocycles. The lowest BCUT2D eigenvalue weighted by molar-refractivity contribution is -0.115. The summed E-state index contributed by atoms with van der Waals surface area (Å²) in [5, 5.41) is 11.6. The first-order valence-electron chi connectivity index (χ1n) is 8.29. The van der Waals surface area contributed by atoms with Crippen molar-refractivity contribution in [2.75, 3.05) is 6.61 Å². The molecule has 0 fully saturated rings. The molecule has 3 N–H and O–H groups in total. The second kappa shape index (κ2) is 10.00. The number of nitriles is 1. The number of nitrogens with one attached hydrogen (secondary N) is 1. The Kier molecular flexibility index (Phi) is 7.43. The summed E-state index contributed by atoms with van der Waals surface area (Å²) in [5.41, 5.74) is 6.10. The Morgan fingerprint density at radius 3 is 2.50 bits per heavy atom. The minimum Gasteiger partial charge on any atom is -0.490 e. The van der Waals surface area contributed by atoms with Crippen molar-refractivity contribution in [1.29, 1.82) is 5.26 Å². The zero-order chi connectivity index (χ0) is 20.5. The summed E-state index contributed by atoms with van der Waals surface area (Å²) in [6.45, 7) is 2.54. The molecule has 0 atom stereocenters. The molecule has 0 bridgehead atoms. The number of amides is 3. The van der Waals surface area contributed by atoms with Crippen molar-refractivity contribution < 1.29 is 19.1 Å². The van der Waals surface area contributed by atoms with Gasteiger partial charge in [0, 0.05) is 5.02 Å². The van der Waals surface area contributed by atoms with Crippen LogP contribution in [0, 0.1) is 11.3 Å². The lowest BCUT2D eigenvalue weighted by atomic mass is 10.1. The van der Waals surface area contributed by atoms with E-state index >= 15 is 0 Å². The van der Waals surface area contributed by atoms with Gasteiger partial charge in [-0.05, 0) is 48.4 Å². The molecule has 3 amide bonds. The second-order valence-electron chi connectivity index (χ2n) is 5.54. The molecule has 0 aliphatic carbocycles. The van der Waals surface area contributed by atoms with Crippen molar-refractivity contribution in [3.8, 4) is 17.6 Å². The molecule has 0 aliphatic rings. The van der Waals surface area contributed by atoms with E-state index in [0.29, 0.717) is 35.3 Å². The van der Waals surface area contributed by atoms with Crippen LogP contribution in [0.15, 0.2) is 48.0 Å². The maximum absolute atomic E-state index is 11.8. The molecule has 2 aromatic rings. The Morgan fingerprint density at radius 2 is 1.89 bits per heavy atom. The number of imide groups is 1. The van der Waals surface area contributed by atoms with Gasteiger partial charge in [-0.15, -0.1) is 0 Å². The first kappa shape index (κ1) is 20.8. The molecule has 0 spiro atoms. The topological polar surface area (TPSA) is 114 Å². The molecule has 0 aromatic heterocycles. The van der Waals surface area contributed by atoms with Gasteiger partial charge in [0.25, 0.3) is 5.91 Å². The highest BCUT2D eigenvalue weighted by molar-refractivity contribution is 6.30. The van der Waals surface area contributed by atoms with Crippen LogP contribution in [0.2, 0.25) is 5.02 Å². The summed E-state index contributed by atoms with van der Waals surface area (Å²) >= 11 is 5.87. The smallest absolute Gasteiger partial charge is 0.319 e. The standard InChI is InChI=1S/C20H18ClN3O4/c1-2-27-18-10-14(9-15(11-22)19(25)24-20(23)26)5-8-17(18)28-12-13-3-6-16(21)7-4-13/h3-10H,2,12H2,1H3,(H3,23,24,25,26)/b15-9-. The quantitative estimate of drug-likeness (QED) is 0.546. The van der Waals surface area contributed by atoms with Crippen LogP contribution < -0.4 is 20.5 Å². The molecular formula is C20H18ClN3O4. The Balaban J connectivity index is 2.22. The van der Waals surface area contributed by atoms with E-state index in [1.807, 2.05) is 24.4 Å². The van der Waals surface area contributed by atoms with E-state index in [0.717, 1.165) is 5.56 Å². The summed E-state index contributed by atoms with van der Waals surface area (Å²) < 4.78 is 11.4. The SMILES string of the molecule is CCOc1cc(/C=C(/C#N)C(=O)NC(N)=O)ccc1OCc1ccc(Cl)cc1. The van der Waals surface area contributed by atoms with E-state index in [2.05, 4.69) is 0 Å². The molecule has 0 heterocycles. The fourth-order valence-corrected chi connectivity index (χ4v) is 2.36. The van der Waals surface area contributed by atoms with Crippen LogP contribution in [0.5, 0.6) is 11.5 Å². The van der Waals surface area contributed by atoms with Gasteiger partial charge in [0.2, 0.25) is 0 Å². The predicted molar refractivity (Wildman–Crippen MR) is 105 cm³/mol. The Bertz CT molecular complexity index is 933. The first-order chi connectivity index (χ1) is 13.4. The average Bonchev–Trinajstić information content (AvgIpc) is 2.66. The van der Waals surface area contributed by atoms with Crippen molar-refractivity contribution in [2.24, 2.45) is 5.73 Å². The molecule has 7 nitrogen and oxygen atoms in total. The predicted octanol–water partition coefficient (Wildman–Crippen LogP) is 3.42. The summed E-state index contributed by atoms with van der Waals surface area (Å²) in [4.78, 5) is 22.6. The van der Waals surface area contributed by atoms with Gasteiger partial charge in [-0.25, -0.2) is 4.79 Å². The Hall–Kier alpha value is -3.50. The third kappa shape index (κ3) is 6.04. The molecule has 28 heavy (non-hydrogen) atoms. The number of hydrogen-bond acceptors (Lipinski definition) is 5. The molecule has 0 aliphatic heterocycles. The summed E-state index contributed by atoms with van der Waals surface area (Å²) in [6, 6.07) is 12.9. The third-order valence-corrected chi connectivity index (χ3v) is 3.74. The fraction of sp³-hybridized carbons (Fsp3) is 0.150. The van der Waals surface area contributed by atoms with Gasteiger partial charge in [0.15, 0.2) is 11.5 Å². The van der Waals surface area contributed by atoms with Crippen LogP contribution in [0.4, 0.5) is 4.79 Å². The van der Waals surface area contributed by atoms with E-state index in [1.54, 1.807) is 36.4 Å². The third-order valence-electron chi connectivity index (χ3n) is 3.49. The number of halogens is 1. The van der Waals surface area contributed by atoms with E-state index in [1.165, 1.54) is 6.08 Å². The average molecular weight is 400 g/mol. The number of rotatable bonds is 7. The summed E-state index contributed by atoms with van der Waals surface area (Å²) in [6.07, 6.45) is 1.32. The number of nitrogens with two attached hydrogens (primary N) is 1. The zero-order valence-electron chi connectivity index (χ0n) is 15.1. The van der Waals surface area contributed by atoms with Crippen LogP contribution >= 0.6 is 11.6 Å². The van der Waals surface area contributed by atoms with E-state index < -0.39 is 11.9 Å². The normalized spacial score (nSPS) is 10.7. The first-order valence-corrected chi connectivity index (χ1v) is 8.67. The van der Waals surface area contributed by atoms with Gasteiger partial charge in [0.05, 0.1) is 6.61 Å². The lowest BCUT2D eigenvalue weighted by Gasteiger charge is -2.13. The van der Waals surface area contributed by atoms with E-state index in [4.69, 9.17) is 32.1 Å². The highest BCUT2D eigenvalue weighted by Crippen LogP contribution is 2.30. The van der Waals surface area contributed by atoms with Crippen molar-refractivity contribution in [2.45, 2.75) is 13.5 Å². The molecule has 2 rings (SSSR count). The number of carbonyl (C=O) groups is 2. The second-order valence-corrected chi connectivity index (χ2v) is 5.98. The Labute approximate surface area is 167 Å². The van der Waals surface area contributed by atoms with Gasteiger partial charge in [-0.1, -0.05) is 29.8 Å². The lowest BCUT2D eigenvalue weighted by Crippen LogP contribution is -2.35. The number of nitrogens with zero attached hydrogens (tertiary/aromatic N) is 1. The van der Waals surface area contributed by atoms with Crippen molar-refractivity contribution in [1.82, 2.24) is 5.32 Å². The van der Waals surface area contributed by atoms with Gasteiger partial charge in [-0.3, -0.25) is 10.1 Å². The molecule has 0 radical (unpaired) electrons. The van der Waals surface area contributed by atoms with Gasteiger partial charge >= 0.3 is 6.03 Å². The molecule has 8 heteroatoms. The minimum absolute atomic E-state index is 0.268. The largest absolute Gasteiger partial charge is 0.490 e. The van der Waals surface area contributed by atoms with Crippen molar-refractivity contribution in [3.05, 3.63) is 64.2 Å². The van der Waals surface area contributed by atoms with E-state index in [-0.39, 0.29) is 5.57 Å². The monoisotopic (exact) mass is 399 g/mol. The number of carbonyl (C=O) groups excluding carboxylic acids is 2. The number of benzene rings is 2. The maximum atomic E-state index is 11.8. The highest BCUT2D eigenvalue weighted by atomic mass is 35.5. The molecule has 2 aromatic carbocycles. The van der Waals surface area contributed by atoms with Crippen LogP contribution in [0.1, 0.15) is 18.1 Å². The van der Waals surface area contributed by atoms with Crippen LogP contribution in [-0.4, -0.2) is 18.5 Å². The maximum Gasteiger partial charge on any atom is 0.319 e. The molecular weight excluding hydrogens is 382 g/mol. The number of urea groups is 1. The van der Waals surface area contributed by atoms with Crippen LogP contribution in [0.3, 0.4) is 0 Å². The zero-order valence-corrected chi connectivity index (χ0v) is 15.8. The minimum atomic E-state index is -1.04. The number of ether oxygens (including phenoxy) is 2. The molecule has 144 valence electrons. The molecule has 0 unspecified atom stereocenters. The highest BCUT2D eigenvalue weighted by Gasteiger charge is 2.12. The van der Waals surface area contributed by atoms with Crippen molar-refractivity contribution in [3.63, 3.8) is 0 Å². The van der Waals surface area contributed by atoms with Crippen LogP contribution in [-0.2, 0) is 11.4 Å².